The summed E-state index contributed by atoms with van der Waals surface area (Å²) in [4.78, 5) is 0. The third kappa shape index (κ3) is 2.63. The van der Waals surface area contributed by atoms with Gasteiger partial charge in [0.2, 0.25) is 0 Å². The summed E-state index contributed by atoms with van der Waals surface area (Å²) >= 11 is 6.20. The van der Waals surface area contributed by atoms with Crippen molar-refractivity contribution in [2.24, 2.45) is 5.92 Å². The lowest BCUT2D eigenvalue weighted by Gasteiger charge is -2.21. The van der Waals surface area contributed by atoms with Crippen molar-refractivity contribution in [1.29, 1.82) is 0 Å². The molecule has 1 aromatic carbocycles. The van der Waals surface area contributed by atoms with Gasteiger partial charge in [-0.25, -0.2) is 0 Å². The number of fused-ring (bicyclic) bond motifs is 1. The van der Waals surface area contributed by atoms with Gasteiger partial charge in [0.25, 0.3) is 0 Å². The molecule has 0 amide bonds. The summed E-state index contributed by atoms with van der Waals surface area (Å²) in [7, 11) is 0. The number of ether oxygens (including phenoxy) is 1. The van der Waals surface area contributed by atoms with Gasteiger partial charge in [-0.3, -0.25) is 0 Å². The van der Waals surface area contributed by atoms with Crippen LogP contribution in [0.4, 0.5) is 5.82 Å². The van der Waals surface area contributed by atoms with Crippen LogP contribution in [0.25, 0.3) is 11.0 Å². The molecular weight excluding hydrogens is 264 g/mol. The maximum Gasteiger partial charge on any atom is 0.174 e. The lowest BCUT2D eigenvalue weighted by Crippen LogP contribution is -2.15. The molecule has 0 unspecified atom stereocenters. The Balaban J connectivity index is 1.74. The topological polar surface area (TPSA) is 61.3 Å². The Labute approximate surface area is 116 Å². The third-order valence-corrected chi connectivity index (χ3v) is 4.05. The standard InChI is InChI=1S/C14H17ClN2O2/c15-11-6-10-12(19-17-14(10)16)7-13(11)18-8-9-4-2-1-3-5-9/h6-7,9H,1-5,8H2,(H2,16,17). The van der Waals surface area contributed by atoms with Crippen molar-refractivity contribution in [2.75, 3.05) is 12.3 Å². The second kappa shape index (κ2) is 5.29. The second-order valence-electron chi connectivity index (χ2n) is 5.16. The molecule has 0 aliphatic heterocycles. The van der Waals surface area contributed by atoms with Crippen LogP contribution in [0.15, 0.2) is 16.7 Å². The van der Waals surface area contributed by atoms with Crippen molar-refractivity contribution in [3.63, 3.8) is 0 Å². The van der Waals surface area contributed by atoms with Crippen LogP contribution in [0.3, 0.4) is 0 Å². The third-order valence-electron chi connectivity index (χ3n) is 3.75. The molecule has 5 heteroatoms. The molecule has 4 nitrogen and oxygen atoms in total. The fourth-order valence-electron chi connectivity index (χ4n) is 2.63. The normalized spacial score (nSPS) is 16.9. The van der Waals surface area contributed by atoms with Gasteiger partial charge in [-0.15, -0.1) is 0 Å². The molecule has 0 bridgehead atoms. The van der Waals surface area contributed by atoms with Gasteiger partial charge in [-0.2, -0.15) is 0 Å². The van der Waals surface area contributed by atoms with Crippen LogP contribution in [-0.4, -0.2) is 11.8 Å². The zero-order valence-electron chi connectivity index (χ0n) is 10.7. The van der Waals surface area contributed by atoms with Gasteiger partial charge in [-0.1, -0.05) is 36.0 Å². The minimum absolute atomic E-state index is 0.357. The van der Waals surface area contributed by atoms with Crippen LogP contribution in [-0.2, 0) is 0 Å². The predicted octanol–water partition coefficient (Wildman–Crippen LogP) is 4.02. The first-order valence-electron chi connectivity index (χ1n) is 6.71. The number of hydrogen-bond donors (Lipinski definition) is 1. The van der Waals surface area contributed by atoms with Gasteiger partial charge in [0.05, 0.1) is 17.0 Å². The van der Waals surface area contributed by atoms with Gasteiger partial charge in [0, 0.05) is 6.07 Å². The lowest BCUT2D eigenvalue weighted by atomic mass is 9.90. The molecule has 1 aliphatic rings. The van der Waals surface area contributed by atoms with E-state index in [4.69, 9.17) is 26.6 Å². The van der Waals surface area contributed by atoms with E-state index in [0.717, 1.165) is 12.0 Å². The summed E-state index contributed by atoms with van der Waals surface area (Å²) in [6, 6.07) is 3.52. The highest BCUT2D eigenvalue weighted by Crippen LogP contribution is 2.33. The van der Waals surface area contributed by atoms with E-state index in [2.05, 4.69) is 5.16 Å². The van der Waals surface area contributed by atoms with Crippen LogP contribution >= 0.6 is 11.6 Å². The van der Waals surface area contributed by atoms with Crippen molar-refractivity contribution in [3.8, 4) is 5.75 Å². The molecule has 1 aliphatic carbocycles. The highest BCUT2D eigenvalue weighted by molar-refractivity contribution is 6.33. The smallest absolute Gasteiger partial charge is 0.174 e. The molecule has 102 valence electrons. The van der Waals surface area contributed by atoms with Crippen molar-refractivity contribution < 1.29 is 9.26 Å². The quantitative estimate of drug-likeness (QED) is 0.922. The SMILES string of the molecule is Nc1noc2cc(OCC3CCCCC3)c(Cl)cc12. The molecule has 0 spiro atoms. The molecule has 1 saturated carbocycles. The summed E-state index contributed by atoms with van der Waals surface area (Å²) < 4.78 is 11.0. The Hall–Kier alpha value is -1.42. The predicted molar refractivity (Wildman–Crippen MR) is 75.5 cm³/mol. The maximum absolute atomic E-state index is 6.20. The number of aromatic nitrogens is 1. The fraction of sp³-hybridized carbons (Fsp3) is 0.500. The van der Waals surface area contributed by atoms with Gasteiger partial charge in [0.15, 0.2) is 11.4 Å². The molecule has 2 N–H and O–H groups in total. The van der Waals surface area contributed by atoms with Crippen molar-refractivity contribution in [2.45, 2.75) is 32.1 Å². The Kier molecular flexibility index (Phi) is 3.51. The number of rotatable bonds is 3. The van der Waals surface area contributed by atoms with Gasteiger partial charge in [-0.05, 0) is 24.8 Å². The minimum Gasteiger partial charge on any atom is -0.492 e. The first-order valence-corrected chi connectivity index (χ1v) is 7.09. The number of nitrogen functional groups attached to an aromatic ring is 1. The van der Waals surface area contributed by atoms with Crippen LogP contribution in [0.2, 0.25) is 5.02 Å². The first kappa shape index (κ1) is 12.6. The van der Waals surface area contributed by atoms with E-state index in [0.29, 0.717) is 28.1 Å². The molecule has 3 rings (SSSR count). The Morgan fingerprint density at radius 2 is 2.11 bits per heavy atom. The largest absolute Gasteiger partial charge is 0.492 e. The van der Waals surface area contributed by atoms with Crippen LogP contribution in [0, 0.1) is 5.92 Å². The Morgan fingerprint density at radius 1 is 1.32 bits per heavy atom. The highest BCUT2D eigenvalue weighted by Gasteiger charge is 2.16. The average molecular weight is 281 g/mol. The fourth-order valence-corrected chi connectivity index (χ4v) is 2.85. The molecule has 0 atom stereocenters. The summed E-state index contributed by atoms with van der Waals surface area (Å²) in [5, 5.41) is 5.00. The molecule has 2 aromatic rings. The highest BCUT2D eigenvalue weighted by atomic mass is 35.5. The van der Waals surface area contributed by atoms with E-state index in [1.165, 1.54) is 32.1 Å². The molecular formula is C14H17ClN2O2. The van der Waals surface area contributed by atoms with Crippen LogP contribution in [0.5, 0.6) is 5.75 Å². The first-order chi connectivity index (χ1) is 9.24. The number of benzene rings is 1. The van der Waals surface area contributed by atoms with Crippen LogP contribution in [0.1, 0.15) is 32.1 Å². The summed E-state index contributed by atoms with van der Waals surface area (Å²) in [5.41, 5.74) is 6.29. The van der Waals surface area contributed by atoms with Crippen LogP contribution < -0.4 is 10.5 Å². The van der Waals surface area contributed by atoms with E-state index in [1.54, 1.807) is 12.1 Å². The molecule has 0 saturated heterocycles. The Bertz CT molecular complexity index is 576. The van der Waals surface area contributed by atoms with E-state index < -0.39 is 0 Å². The molecule has 1 fully saturated rings. The van der Waals surface area contributed by atoms with E-state index in [1.807, 2.05) is 0 Å². The zero-order valence-corrected chi connectivity index (χ0v) is 11.4. The molecule has 19 heavy (non-hydrogen) atoms. The number of nitrogens with zero attached hydrogens (tertiary/aromatic N) is 1. The number of halogens is 1. The van der Waals surface area contributed by atoms with Gasteiger partial charge in [0.1, 0.15) is 5.75 Å². The monoisotopic (exact) mass is 280 g/mol. The average Bonchev–Trinajstić information content (AvgIpc) is 2.78. The van der Waals surface area contributed by atoms with Crippen molar-refractivity contribution in [1.82, 2.24) is 5.16 Å². The van der Waals surface area contributed by atoms with E-state index in [9.17, 15) is 0 Å². The van der Waals surface area contributed by atoms with Gasteiger partial charge < -0.3 is 15.0 Å². The summed E-state index contributed by atoms with van der Waals surface area (Å²) in [6.07, 6.45) is 6.45. The Morgan fingerprint density at radius 3 is 2.89 bits per heavy atom. The summed E-state index contributed by atoms with van der Waals surface area (Å²) in [5.74, 6) is 1.65. The number of hydrogen-bond acceptors (Lipinski definition) is 4. The summed E-state index contributed by atoms with van der Waals surface area (Å²) in [6.45, 7) is 0.717. The maximum atomic E-state index is 6.20. The molecule has 1 aromatic heterocycles. The van der Waals surface area contributed by atoms with E-state index in [-0.39, 0.29) is 0 Å². The van der Waals surface area contributed by atoms with Gasteiger partial charge >= 0.3 is 0 Å². The zero-order chi connectivity index (χ0) is 13.2. The van der Waals surface area contributed by atoms with Crippen molar-refractivity contribution in [3.05, 3.63) is 17.2 Å². The number of nitrogens with two attached hydrogens (primary N) is 1. The van der Waals surface area contributed by atoms with E-state index >= 15 is 0 Å². The molecule has 0 radical (unpaired) electrons. The number of anilines is 1. The second-order valence-corrected chi connectivity index (χ2v) is 5.57. The minimum atomic E-state index is 0.357. The molecule has 1 heterocycles. The lowest BCUT2D eigenvalue weighted by molar-refractivity contribution is 0.209. The van der Waals surface area contributed by atoms with Crippen molar-refractivity contribution >= 4 is 28.4 Å².